The highest BCUT2D eigenvalue weighted by molar-refractivity contribution is 5.99. The molecule has 5 rings (SSSR count). The van der Waals surface area contributed by atoms with Crippen LogP contribution >= 0.6 is 0 Å². The summed E-state index contributed by atoms with van der Waals surface area (Å²) in [5.41, 5.74) is 0.438. The summed E-state index contributed by atoms with van der Waals surface area (Å²) in [5, 5.41) is 0.185. The van der Waals surface area contributed by atoms with Gasteiger partial charge in [-0.25, -0.2) is 9.78 Å². The van der Waals surface area contributed by atoms with Crippen molar-refractivity contribution in [3.63, 3.8) is 0 Å². The number of hydrogen-bond donors (Lipinski definition) is 0. The summed E-state index contributed by atoms with van der Waals surface area (Å²) in [4.78, 5) is 49.5. The first-order chi connectivity index (χ1) is 19.0. The van der Waals surface area contributed by atoms with Crippen LogP contribution in [0.25, 0.3) is 16.7 Å². The molecular formula is C28H28N4O7. The third kappa shape index (κ3) is 4.88. The van der Waals surface area contributed by atoms with Gasteiger partial charge in [-0.3, -0.25) is 14.0 Å². The minimum Gasteiger partial charge on any atom is -0.493 e. The molecule has 1 amide bonds. The number of benzene rings is 1. The lowest BCUT2D eigenvalue weighted by molar-refractivity contribution is 0.0521. The van der Waals surface area contributed by atoms with Crippen molar-refractivity contribution in [2.24, 2.45) is 4.99 Å². The lowest BCUT2D eigenvalue weighted by Gasteiger charge is -2.18. The molecular weight excluding hydrogens is 504 g/mol. The van der Waals surface area contributed by atoms with Crippen LogP contribution in [0.5, 0.6) is 11.5 Å². The van der Waals surface area contributed by atoms with E-state index in [9.17, 15) is 14.4 Å². The Morgan fingerprint density at radius 1 is 1.13 bits per heavy atom. The van der Waals surface area contributed by atoms with Gasteiger partial charge in [0.15, 0.2) is 17.0 Å². The number of fused-ring (bicyclic) bond motifs is 2. The molecule has 1 aliphatic rings. The molecule has 39 heavy (non-hydrogen) atoms. The highest BCUT2D eigenvalue weighted by atomic mass is 16.5. The number of hydrogen-bond acceptors (Lipinski definition) is 8. The van der Waals surface area contributed by atoms with Crippen LogP contribution in [-0.4, -0.2) is 59.4 Å². The molecule has 0 radical (unpaired) electrons. The third-order valence-corrected chi connectivity index (χ3v) is 6.54. The molecule has 11 heteroatoms. The predicted octanol–water partition coefficient (Wildman–Crippen LogP) is 2.76. The van der Waals surface area contributed by atoms with Gasteiger partial charge < -0.3 is 23.5 Å². The zero-order chi connectivity index (χ0) is 27.5. The second kappa shape index (κ2) is 11.1. The number of rotatable bonds is 7. The van der Waals surface area contributed by atoms with Crippen molar-refractivity contribution in [2.45, 2.75) is 32.4 Å². The van der Waals surface area contributed by atoms with E-state index in [2.05, 4.69) is 4.99 Å². The maximum atomic E-state index is 13.6. The first-order valence-corrected chi connectivity index (χ1v) is 12.6. The Kier molecular flexibility index (Phi) is 7.42. The molecule has 0 unspecified atom stereocenters. The summed E-state index contributed by atoms with van der Waals surface area (Å²) in [5.74, 6) is -0.826. The monoisotopic (exact) mass is 532 g/mol. The average Bonchev–Trinajstić information content (AvgIpc) is 3.47. The largest absolute Gasteiger partial charge is 0.493 e. The van der Waals surface area contributed by atoms with Crippen LogP contribution in [0.3, 0.4) is 0 Å². The van der Waals surface area contributed by atoms with Crippen LogP contribution in [0.4, 0.5) is 0 Å². The Morgan fingerprint density at radius 2 is 1.97 bits per heavy atom. The maximum absolute atomic E-state index is 13.6. The van der Waals surface area contributed by atoms with Gasteiger partial charge in [-0.2, -0.15) is 4.99 Å². The molecule has 1 atom stereocenters. The first kappa shape index (κ1) is 26.1. The van der Waals surface area contributed by atoms with E-state index in [1.54, 1.807) is 54.1 Å². The van der Waals surface area contributed by atoms with Gasteiger partial charge in [0.05, 0.1) is 44.4 Å². The topological polar surface area (TPSA) is 123 Å². The van der Waals surface area contributed by atoms with E-state index >= 15 is 0 Å². The lowest BCUT2D eigenvalue weighted by Crippen LogP contribution is -2.35. The summed E-state index contributed by atoms with van der Waals surface area (Å²) in [6, 6.07) is 11.5. The highest BCUT2D eigenvalue weighted by Crippen LogP contribution is 2.31. The second-order valence-corrected chi connectivity index (χ2v) is 8.89. The molecule has 3 aromatic heterocycles. The van der Waals surface area contributed by atoms with Crippen molar-refractivity contribution in [3.05, 3.63) is 75.6 Å². The van der Waals surface area contributed by atoms with Crippen molar-refractivity contribution < 1.29 is 28.5 Å². The van der Waals surface area contributed by atoms with Crippen LogP contribution < -0.4 is 20.5 Å². The van der Waals surface area contributed by atoms with E-state index in [0.717, 1.165) is 12.8 Å². The number of para-hydroxylation sites is 1. The fourth-order valence-corrected chi connectivity index (χ4v) is 4.73. The van der Waals surface area contributed by atoms with E-state index in [-0.39, 0.29) is 58.2 Å². The van der Waals surface area contributed by atoms with E-state index in [1.807, 2.05) is 0 Å². The minimum absolute atomic E-state index is 0.0125. The van der Waals surface area contributed by atoms with Crippen LogP contribution in [0.15, 0.2) is 58.4 Å². The smallest absolute Gasteiger partial charge is 0.341 e. The molecule has 4 aromatic rings. The predicted molar refractivity (Wildman–Crippen MR) is 141 cm³/mol. The molecule has 0 aliphatic carbocycles. The number of methoxy groups -OCH3 is 2. The zero-order valence-electron chi connectivity index (χ0n) is 21.9. The zero-order valence-corrected chi connectivity index (χ0v) is 21.9. The molecule has 4 heterocycles. The van der Waals surface area contributed by atoms with Crippen molar-refractivity contribution in [3.8, 4) is 11.5 Å². The Morgan fingerprint density at radius 3 is 2.69 bits per heavy atom. The summed E-state index contributed by atoms with van der Waals surface area (Å²) >= 11 is 0. The van der Waals surface area contributed by atoms with Crippen molar-refractivity contribution in [2.75, 3.05) is 27.4 Å². The van der Waals surface area contributed by atoms with Gasteiger partial charge in [-0.15, -0.1) is 0 Å². The van der Waals surface area contributed by atoms with Crippen molar-refractivity contribution in [1.82, 2.24) is 14.0 Å². The Balaban J connectivity index is 1.86. The van der Waals surface area contributed by atoms with Gasteiger partial charge >= 0.3 is 5.97 Å². The lowest BCUT2D eigenvalue weighted by atomic mass is 10.1. The van der Waals surface area contributed by atoms with Crippen LogP contribution in [0, 0.1) is 0 Å². The number of ether oxygens (including phenoxy) is 4. The number of nitrogens with zero attached hydrogens (tertiary/aromatic N) is 4. The summed E-state index contributed by atoms with van der Waals surface area (Å²) in [7, 11) is 2.89. The Labute approximate surface area is 223 Å². The van der Waals surface area contributed by atoms with Crippen molar-refractivity contribution >= 4 is 28.6 Å². The van der Waals surface area contributed by atoms with E-state index in [4.69, 9.17) is 23.9 Å². The van der Waals surface area contributed by atoms with Gasteiger partial charge in [0, 0.05) is 12.8 Å². The first-order valence-electron chi connectivity index (χ1n) is 12.6. The van der Waals surface area contributed by atoms with E-state index < -0.39 is 11.9 Å². The van der Waals surface area contributed by atoms with Gasteiger partial charge in [0.1, 0.15) is 16.9 Å². The molecule has 0 bridgehead atoms. The molecule has 0 saturated carbocycles. The Hall–Kier alpha value is -4.51. The van der Waals surface area contributed by atoms with Gasteiger partial charge in [0.25, 0.3) is 11.5 Å². The molecule has 1 aliphatic heterocycles. The number of carbonyl (C=O) groups is 2. The number of carbonyl (C=O) groups excluding carboxylic acids is 2. The van der Waals surface area contributed by atoms with E-state index in [1.165, 1.54) is 24.7 Å². The van der Waals surface area contributed by atoms with Gasteiger partial charge in [-0.1, -0.05) is 12.1 Å². The minimum atomic E-state index is -0.720. The van der Waals surface area contributed by atoms with E-state index in [0.29, 0.717) is 18.0 Å². The molecule has 202 valence electrons. The number of pyridine rings is 2. The normalized spacial score (nSPS) is 15.6. The summed E-state index contributed by atoms with van der Waals surface area (Å²) < 4.78 is 25.0. The summed E-state index contributed by atoms with van der Waals surface area (Å²) in [6.45, 7) is 2.58. The molecule has 1 saturated heterocycles. The number of aromatic nitrogens is 3. The summed E-state index contributed by atoms with van der Waals surface area (Å²) in [6.07, 6.45) is 3.02. The van der Waals surface area contributed by atoms with Crippen molar-refractivity contribution in [1.29, 1.82) is 0 Å². The van der Waals surface area contributed by atoms with Gasteiger partial charge in [0.2, 0.25) is 0 Å². The standard InChI is InChI=1S/C28H28N4O7/c1-4-38-28(35)20-15-19-24(29-22-12-5-6-13-31(22)27(19)34)32(16-17-9-8-14-39-17)25(20)30-26(33)18-10-7-11-21(36-2)23(18)37-3/h5-7,10-13,15,17H,4,8-9,14,16H2,1-3H3/t17-/m0/s1. The highest BCUT2D eigenvalue weighted by Gasteiger charge is 2.25. The second-order valence-electron chi connectivity index (χ2n) is 8.89. The average molecular weight is 533 g/mol. The molecule has 11 nitrogen and oxygen atoms in total. The van der Waals surface area contributed by atoms with Gasteiger partial charge in [-0.05, 0) is 50.1 Å². The number of esters is 1. The fraction of sp³-hybridized carbons (Fsp3) is 0.321. The van der Waals surface area contributed by atoms with Crippen LogP contribution in [0.2, 0.25) is 0 Å². The SMILES string of the molecule is CCOC(=O)c1cc2c(=O)n3ccccc3nc2n(C[C@@H]2CCCO2)c1=NC(=O)c1cccc(OC)c1OC. The molecule has 0 N–H and O–H groups in total. The molecule has 1 aromatic carbocycles. The van der Waals surface area contributed by atoms with Crippen LogP contribution in [-0.2, 0) is 16.0 Å². The maximum Gasteiger partial charge on any atom is 0.341 e. The quantitative estimate of drug-likeness (QED) is 0.263. The van der Waals surface area contributed by atoms with Crippen LogP contribution in [0.1, 0.15) is 40.5 Å². The third-order valence-electron chi connectivity index (χ3n) is 6.54. The number of amides is 1. The molecule has 0 spiro atoms. The fourth-order valence-electron chi connectivity index (χ4n) is 4.73. The Bertz CT molecular complexity index is 1700. The molecule has 1 fully saturated rings.